The summed E-state index contributed by atoms with van der Waals surface area (Å²) in [5.41, 5.74) is 0.748. The number of methoxy groups -OCH3 is 2. The van der Waals surface area contributed by atoms with Gasteiger partial charge < -0.3 is 24.1 Å². The lowest BCUT2D eigenvalue weighted by Crippen LogP contribution is -2.38. The minimum absolute atomic E-state index is 0.301. The maximum absolute atomic E-state index is 12.7. The number of imidazole rings is 1. The third kappa shape index (κ3) is 4.66. The van der Waals surface area contributed by atoms with Crippen molar-refractivity contribution in [1.82, 2.24) is 24.0 Å². The summed E-state index contributed by atoms with van der Waals surface area (Å²) >= 11 is 0. The number of para-hydroxylation sites is 1. The zero-order chi connectivity index (χ0) is 24.2. The van der Waals surface area contributed by atoms with E-state index in [1.807, 2.05) is 18.2 Å². The molecular weight excluding hydrogens is 440 g/mol. The molecule has 4 rings (SSSR count). The second kappa shape index (κ2) is 10.3. The first kappa shape index (κ1) is 23.8. The highest BCUT2D eigenvalue weighted by molar-refractivity contribution is 5.73. The molecule has 3 aromatic rings. The molecule has 0 radical (unpaired) electrons. The van der Waals surface area contributed by atoms with Crippen LogP contribution < -0.4 is 25.6 Å². The van der Waals surface area contributed by atoms with Crippen molar-refractivity contribution >= 4 is 17.1 Å². The Morgan fingerprint density at radius 3 is 2.59 bits per heavy atom. The molecule has 11 nitrogen and oxygen atoms in total. The molecule has 0 atom stereocenters. The minimum Gasteiger partial charge on any atom is -0.493 e. The summed E-state index contributed by atoms with van der Waals surface area (Å²) in [5.74, 6) is 1.83. The molecule has 34 heavy (non-hydrogen) atoms. The number of fused-ring (bicyclic) bond motifs is 1. The lowest BCUT2D eigenvalue weighted by Gasteiger charge is -2.28. The SMILES string of the molecule is COc1cccc(CN(CCCN2CCOCC2)c2nc3c([nH]2)c(=O)n(C)c(=O)n3C)c1OC. The lowest BCUT2D eigenvalue weighted by molar-refractivity contribution is 0.0376. The topological polar surface area (TPSA) is 107 Å². The first-order chi connectivity index (χ1) is 16.4. The number of hydrogen-bond donors (Lipinski definition) is 1. The normalized spacial score (nSPS) is 14.5. The van der Waals surface area contributed by atoms with Crippen molar-refractivity contribution in [3.63, 3.8) is 0 Å². The summed E-state index contributed by atoms with van der Waals surface area (Å²) in [6.07, 6.45) is 0.889. The predicted octanol–water partition coefficient (Wildman–Crippen LogP) is 0.706. The van der Waals surface area contributed by atoms with E-state index < -0.39 is 11.2 Å². The highest BCUT2D eigenvalue weighted by atomic mass is 16.5. The highest BCUT2D eigenvalue weighted by Crippen LogP contribution is 2.32. The van der Waals surface area contributed by atoms with Gasteiger partial charge in [0.2, 0.25) is 5.95 Å². The van der Waals surface area contributed by atoms with E-state index in [0.29, 0.717) is 41.7 Å². The fourth-order valence-corrected chi connectivity index (χ4v) is 4.32. The van der Waals surface area contributed by atoms with E-state index >= 15 is 0 Å². The van der Waals surface area contributed by atoms with E-state index in [1.165, 1.54) is 11.6 Å². The molecule has 0 spiro atoms. The van der Waals surface area contributed by atoms with Crippen molar-refractivity contribution < 1.29 is 14.2 Å². The Morgan fingerprint density at radius 1 is 1.12 bits per heavy atom. The van der Waals surface area contributed by atoms with Gasteiger partial charge in [-0.05, 0) is 12.5 Å². The number of nitrogens with one attached hydrogen (secondary N) is 1. The molecule has 1 aliphatic rings. The molecule has 0 saturated carbocycles. The number of benzene rings is 1. The van der Waals surface area contributed by atoms with Crippen molar-refractivity contribution in [3.8, 4) is 11.5 Å². The molecule has 0 amide bonds. The van der Waals surface area contributed by atoms with Gasteiger partial charge in [0.1, 0.15) is 0 Å². The van der Waals surface area contributed by atoms with E-state index in [1.54, 1.807) is 21.3 Å². The Morgan fingerprint density at radius 2 is 1.88 bits per heavy atom. The number of hydrogen-bond acceptors (Lipinski definition) is 8. The second-order valence-electron chi connectivity index (χ2n) is 8.35. The number of aromatic amines is 1. The maximum Gasteiger partial charge on any atom is 0.332 e. The Bertz CT molecular complexity index is 1260. The van der Waals surface area contributed by atoms with Crippen LogP contribution in [0.15, 0.2) is 27.8 Å². The molecule has 1 saturated heterocycles. The third-order valence-corrected chi connectivity index (χ3v) is 6.23. The molecule has 1 aliphatic heterocycles. The molecule has 1 aromatic carbocycles. The van der Waals surface area contributed by atoms with Crippen molar-refractivity contribution in [2.75, 3.05) is 58.5 Å². The van der Waals surface area contributed by atoms with Crippen LogP contribution in [-0.4, -0.2) is 77.6 Å². The Hall–Kier alpha value is -3.31. The molecular formula is C23H32N6O5. The quantitative estimate of drug-likeness (QED) is 0.485. The number of morpholine rings is 1. The third-order valence-electron chi connectivity index (χ3n) is 6.23. The molecule has 0 bridgehead atoms. The fraction of sp³-hybridized carbons (Fsp3) is 0.522. The van der Waals surface area contributed by atoms with Gasteiger partial charge in [-0.25, -0.2) is 4.79 Å². The predicted molar refractivity (Wildman–Crippen MR) is 129 cm³/mol. The number of nitrogens with zero attached hydrogens (tertiary/aromatic N) is 5. The molecule has 11 heteroatoms. The van der Waals surface area contributed by atoms with E-state index in [-0.39, 0.29) is 0 Å². The number of aromatic nitrogens is 4. The number of aryl methyl sites for hydroxylation is 1. The Balaban J connectivity index is 1.68. The van der Waals surface area contributed by atoms with Crippen molar-refractivity contribution in [2.45, 2.75) is 13.0 Å². The average molecular weight is 473 g/mol. The van der Waals surface area contributed by atoms with Gasteiger partial charge in [0.05, 0.1) is 27.4 Å². The smallest absolute Gasteiger partial charge is 0.332 e. The maximum atomic E-state index is 12.7. The van der Waals surface area contributed by atoms with Crippen LogP contribution >= 0.6 is 0 Å². The zero-order valence-electron chi connectivity index (χ0n) is 20.2. The summed E-state index contributed by atoms with van der Waals surface area (Å²) in [6, 6.07) is 5.75. The minimum atomic E-state index is -0.413. The number of anilines is 1. The molecule has 0 aliphatic carbocycles. The van der Waals surface area contributed by atoms with Crippen LogP contribution in [0.2, 0.25) is 0 Å². The van der Waals surface area contributed by atoms with Crippen molar-refractivity contribution in [3.05, 3.63) is 44.6 Å². The average Bonchev–Trinajstić information content (AvgIpc) is 3.31. The summed E-state index contributed by atoms with van der Waals surface area (Å²) in [7, 11) is 6.30. The van der Waals surface area contributed by atoms with Crippen LogP contribution in [0.25, 0.3) is 11.2 Å². The van der Waals surface area contributed by atoms with E-state index in [9.17, 15) is 9.59 Å². The lowest BCUT2D eigenvalue weighted by atomic mass is 10.1. The van der Waals surface area contributed by atoms with Crippen LogP contribution in [0.4, 0.5) is 5.95 Å². The van der Waals surface area contributed by atoms with Crippen LogP contribution in [0.3, 0.4) is 0 Å². The summed E-state index contributed by atoms with van der Waals surface area (Å²) < 4.78 is 19.0. The van der Waals surface area contributed by atoms with Crippen molar-refractivity contribution in [2.24, 2.45) is 14.1 Å². The first-order valence-corrected chi connectivity index (χ1v) is 11.3. The largest absolute Gasteiger partial charge is 0.493 e. The second-order valence-corrected chi connectivity index (χ2v) is 8.35. The molecule has 3 heterocycles. The molecule has 0 unspecified atom stereocenters. The molecule has 2 aromatic heterocycles. The van der Waals surface area contributed by atoms with Gasteiger partial charge in [0.15, 0.2) is 22.7 Å². The van der Waals surface area contributed by atoms with Crippen LogP contribution in [0, 0.1) is 0 Å². The molecule has 1 N–H and O–H groups in total. The van der Waals surface area contributed by atoms with Gasteiger partial charge in [0, 0.05) is 52.4 Å². The van der Waals surface area contributed by atoms with E-state index in [0.717, 1.165) is 49.4 Å². The van der Waals surface area contributed by atoms with E-state index in [2.05, 4.69) is 19.8 Å². The Labute approximate surface area is 197 Å². The van der Waals surface area contributed by atoms with Gasteiger partial charge in [-0.3, -0.25) is 18.8 Å². The van der Waals surface area contributed by atoms with E-state index in [4.69, 9.17) is 14.2 Å². The summed E-state index contributed by atoms with van der Waals surface area (Å²) in [6.45, 7) is 5.45. The van der Waals surface area contributed by atoms with Crippen LogP contribution in [0.1, 0.15) is 12.0 Å². The van der Waals surface area contributed by atoms with Gasteiger partial charge in [-0.1, -0.05) is 12.1 Å². The first-order valence-electron chi connectivity index (χ1n) is 11.3. The summed E-state index contributed by atoms with van der Waals surface area (Å²) in [4.78, 5) is 37.4. The number of H-pyrrole nitrogens is 1. The van der Waals surface area contributed by atoms with Gasteiger partial charge in [-0.15, -0.1) is 0 Å². The van der Waals surface area contributed by atoms with Crippen LogP contribution in [-0.2, 0) is 25.4 Å². The fourth-order valence-electron chi connectivity index (χ4n) is 4.32. The standard InChI is InChI=1S/C23H32N6O5/c1-26-20-18(21(30)27(2)23(26)31)24-22(25-20)29(10-6-9-28-11-13-34-14-12-28)15-16-7-5-8-17(32-3)19(16)33-4/h5,7-8H,6,9-15H2,1-4H3,(H,24,25). The zero-order valence-corrected chi connectivity index (χ0v) is 20.2. The molecule has 184 valence electrons. The highest BCUT2D eigenvalue weighted by Gasteiger charge is 2.20. The van der Waals surface area contributed by atoms with Gasteiger partial charge in [-0.2, -0.15) is 4.98 Å². The summed E-state index contributed by atoms with van der Waals surface area (Å²) in [5, 5.41) is 0. The molecule has 1 fully saturated rings. The van der Waals surface area contributed by atoms with Crippen LogP contribution in [0.5, 0.6) is 11.5 Å². The van der Waals surface area contributed by atoms with Gasteiger partial charge in [0.25, 0.3) is 5.56 Å². The van der Waals surface area contributed by atoms with Crippen molar-refractivity contribution in [1.29, 1.82) is 0 Å². The Kier molecular flexibility index (Phi) is 7.23. The monoisotopic (exact) mass is 472 g/mol. The van der Waals surface area contributed by atoms with Gasteiger partial charge >= 0.3 is 5.69 Å². The number of rotatable bonds is 9. The number of ether oxygens (including phenoxy) is 3.